The summed E-state index contributed by atoms with van der Waals surface area (Å²) in [5, 5.41) is 0. The number of nitrogens with zero attached hydrogens (tertiary/aromatic N) is 1. The van der Waals surface area contributed by atoms with Crippen LogP contribution in [0.1, 0.15) is 24.5 Å². The molecule has 1 aromatic rings. The van der Waals surface area contributed by atoms with Crippen molar-refractivity contribution in [2.45, 2.75) is 37.8 Å². The molecule has 21 heavy (non-hydrogen) atoms. The van der Waals surface area contributed by atoms with Gasteiger partial charge in [-0.05, 0) is 50.0 Å². The van der Waals surface area contributed by atoms with Crippen molar-refractivity contribution < 1.29 is 12.8 Å². The number of benzene rings is 1. The molecule has 0 fully saturated rings. The van der Waals surface area contributed by atoms with Gasteiger partial charge >= 0.3 is 0 Å². The van der Waals surface area contributed by atoms with Gasteiger partial charge in [-0.2, -0.15) is 16.1 Å². The minimum absolute atomic E-state index is 0.0260. The van der Waals surface area contributed by atoms with E-state index in [1.807, 2.05) is 13.2 Å². The lowest BCUT2D eigenvalue weighted by Gasteiger charge is -2.24. The van der Waals surface area contributed by atoms with E-state index in [0.29, 0.717) is 5.56 Å². The van der Waals surface area contributed by atoms with Crippen LogP contribution >= 0.6 is 11.8 Å². The van der Waals surface area contributed by atoms with Crippen LogP contribution in [-0.4, -0.2) is 37.8 Å². The molecule has 1 rings (SSSR count). The lowest BCUT2D eigenvalue weighted by atomic mass is 10.1. The standard InChI is InChI=1S/C14H23FN2O2S2/c1-10-7-13(8-12(9-16)14(10)15)21(18,19)17(3)11(2)5-6-20-4/h7-8,11H,5-6,9,16H2,1-4H3. The molecule has 0 saturated heterocycles. The van der Waals surface area contributed by atoms with Gasteiger partial charge in [-0.25, -0.2) is 12.8 Å². The Balaban J connectivity index is 3.16. The van der Waals surface area contributed by atoms with Gasteiger partial charge in [-0.1, -0.05) is 0 Å². The topological polar surface area (TPSA) is 63.4 Å². The molecule has 0 saturated carbocycles. The zero-order valence-corrected chi connectivity index (χ0v) is 14.5. The number of hydrogen-bond acceptors (Lipinski definition) is 4. The number of hydrogen-bond donors (Lipinski definition) is 1. The largest absolute Gasteiger partial charge is 0.326 e. The molecule has 0 heterocycles. The zero-order valence-electron chi connectivity index (χ0n) is 12.9. The van der Waals surface area contributed by atoms with Crippen LogP contribution in [-0.2, 0) is 16.6 Å². The van der Waals surface area contributed by atoms with Crippen LogP contribution in [0.25, 0.3) is 0 Å². The Kier molecular flexibility index (Phi) is 6.65. The molecule has 1 aromatic carbocycles. The number of rotatable bonds is 7. The first-order valence-electron chi connectivity index (χ1n) is 6.71. The SMILES string of the molecule is CSCCC(C)N(C)S(=O)(=O)c1cc(C)c(F)c(CN)c1. The summed E-state index contributed by atoms with van der Waals surface area (Å²) in [6, 6.07) is 2.58. The first kappa shape index (κ1) is 18.4. The van der Waals surface area contributed by atoms with Crippen molar-refractivity contribution in [1.29, 1.82) is 0 Å². The maximum atomic E-state index is 13.8. The summed E-state index contributed by atoms with van der Waals surface area (Å²) in [7, 11) is -2.08. The predicted octanol–water partition coefficient (Wildman–Crippen LogP) is 2.35. The monoisotopic (exact) mass is 334 g/mol. The molecule has 0 aromatic heterocycles. The van der Waals surface area contributed by atoms with Gasteiger partial charge in [0.1, 0.15) is 5.82 Å². The number of thioether (sulfide) groups is 1. The summed E-state index contributed by atoms with van der Waals surface area (Å²) in [6.45, 7) is 3.39. The van der Waals surface area contributed by atoms with Crippen molar-refractivity contribution in [3.05, 3.63) is 29.1 Å². The minimum Gasteiger partial charge on any atom is -0.326 e. The highest BCUT2D eigenvalue weighted by Crippen LogP contribution is 2.23. The van der Waals surface area contributed by atoms with Crippen LogP contribution in [0.3, 0.4) is 0 Å². The molecule has 0 amide bonds. The average molecular weight is 334 g/mol. The Morgan fingerprint density at radius 3 is 2.57 bits per heavy atom. The highest BCUT2D eigenvalue weighted by Gasteiger charge is 2.26. The first-order chi connectivity index (χ1) is 9.75. The van der Waals surface area contributed by atoms with Crippen LogP contribution < -0.4 is 5.73 Å². The zero-order chi connectivity index (χ0) is 16.2. The van der Waals surface area contributed by atoms with Crippen molar-refractivity contribution in [1.82, 2.24) is 4.31 Å². The third-order valence-corrected chi connectivity index (χ3v) is 6.15. The third kappa shape index (κ3) is 4.18. The molecular weight excluding hydrogens is 311 g/mol. The molecule has 0 aliphatic rings. The van der Waals surface area contributed by atoms with Gasteiger partial charge in [0.2, 0.25) is 10.0 Å². The van der Waals surface area contributed by atoms with E-state index in [1.165, 1.54) is 16.4 Å². The number of sulfonamides is 1. The quantitative estimate of drug-likeness (QED) is 0.831. The van der Waals surface area contributed by atoms with E-state index in [2.05, 4.69) is 0 Å². The second-order valence-corrected chi connectivity index (χ2v) is 8.05. The molecule has 120 valence electrons. The summed E-state index contributed by atoms with van der Waals surface area (Å²) < 4.78 is 40.4. The third-order valence-electron chi connectivity index (χ3n) is 3.56. The minimum atomic E-state index is -3.64. The van der Waals surface area contributed by atoms with Crippen molar-refractivity contribution in [2.24, 2.45) is 5.73 Å². The second-order valence-electron chi connectivity index (χ2n) is 5.07. The van der Waals surface area contributed by atoms with Gasteiger partial charge in [0.25, 0.3) is 0 Å². The summed E-state index contributed by atoms with van der Waals surface area (Å²) >= 11 is 1.68. The second kappa shape index (κ2) is 7.58. The Morgan fingerprint density at radius 1 is 1.43 bits per heavy atom. The maximum absolute atomic E-state index is 13.8. The average Bonchev–Trinajstić information content (AvgIpc) is 2.46. The molecule has 0 aliphatic carbocycles. The van der Waals surface area contributed by atoms with E-state index < -0.39 is 15.8 Å². The fraction of sp³-hybridized carbons (Fsp3) is 0.571. The summed E-state index contributed by atoms with van der Waals surface area (Å²) in [4.78, 5) is 0.0975. The molecule has 2 N–H and O–H groups in total. The van der Waals surface area contributed by atoms with Crippen LogP contribution in [0, 0.1) is 12.7 Å². The highest BCUT2D eigenvalue weighted by atomic mass is 32.2. The van der Waals surface area contributed by atoms with Crippen molar-refractivity contribution >= 4 is 21.8 Å². The molecular formula is C14H23FN2O2S2. The van der Waals surface area contributed by atoms with E-state index >= 15 is 0 Å². The van der Waals surface area contributed by atoms with E-state index in [1.54, 1.807) is 25.7 Å². The Hall–Kier alpha value is -0.630. The predicted molar refractivity (Wildman–Crippen MR) is 86.4 cm³/mol. The molecule has 0 aliphatic heterocycles. The highest BCUT2D eigenvalue weighted by molar-refractivity contribution is 7.98. The summed E-state index contributed by atoms with van der Waals surface area (Å²) in [5.41, 5.74) is 6.00. The van der Waals surface area contributed by atoms with E-state index in [-0.39, 0.29) is 23.0 Å². The number of nitrogens with two attached hydrogens (primary N) is 1. The molecule has 1 unspecified atom stereocenters. The maximum Gasteiger partial charge on any atom is 0.243 e. The summed E-state index contributed by atoms with van der Waals surface area (Å²) in [6.07, 6.45) is 2.75. The van der Waals surface area contributed by atoms with Crippen molar-refractivity contribution in [3.63, 3.8) is 0 Å². The van der Waals surface area contributed by atoms with Crippen LogP contribution in [0.2, 0.25) is 0 Å². The molecule has 7 heteroatoms. The van der Waals surface area contributed by atoms with E-state index in [4.69, 9.17) is 5.73 Å². The molecule has 4 nitrogen and oxygen atoms in total. The fourth-order valence-corrected chi connectivity index (χ4v) is 4.08. The van der Waals surface area contributed by atoms with Crippen LogP contribution in [0.15, 0.2) is 17.0 Å². The summed E-state index contributed by atoms with van der Waals surface area (Å²) in [5.74, 6) is 0.451. The van der Waals surface area contributed by atoms with Gasteiger partial charge < -0.3 is 5.73 Å². The van der Waals surface area contributed by atoms with Crippen LogP contribution in [0.5, 0.6) is 0 Å². The molecule has 0 bridgehead atoms. The Morgan fingerprint density at radius 2 is 2.05 bits per heavy atom. The van der Waals surface area contributed by atoms with E-state index in [0.717, 1.165) is 12.2 Å². The molecule has 0 radical (unpaired) electrons. The van der Waals surface area contributed by atoms with Gasteiger partial charge in [0, 0.05) is 25.2 Å². The van der Waals surface area contributed by atoms with Gasteiger partial charge in [0.15, 0.2) is 0 Å². The van der Waals surface area contributed by atoms with Gasteiger partial charge in [-0.3, -0.25) is 0 Å². The van der Waals surface area contributed by atoms with E-state index in [9.17, 15) is 12.8 Å². The van der Waals surface area contributed by atoms with Crippen LogP contribution in [0.4, 0.5) is 4.39 Å². The van der Waals surface area contributed by atoms with Crippen molar-refractivity contribution in [2.75, 3.05) is 19.1 Å². The lowest BCUT2D eigenvalue weighted by Crippen LogP contribution is -2.35. The number of aryl methyl sites for hydroxylation is 1. The smallest absolute Gasteiger partial charge is 0.243 e. The lowest BCUT2D eigenvalue weighted by molar-refractivity contribution is 0.382. The molecule has 0 spiro atoms. The Bertz CT molecular complexity index is 591. The van der Waals surface area contributed by atoms with Gasteiger partial charge in [0.05, 0.1) is 4.90 Å². The number of halogens is 1. The van der Waals surface area contributed by atoms with Crippen molar-refractivity contribution in [3.8, 4) is 0 Å². The molecule has 1 atom stereocenters. The fourth-order valence-electron chi connectivity index (χ4n) is 1.98. The Labute approximate surface area is 131 Å². The first-order valence-corrected chi connectivity index (χ1v) is 9.55. The normalized spacial score (nSPS) is 13.7. The van der Waals surface area contributed by atoms with Gasteiger partial charge in [-0.15, -0.1) is 0 Å².